The van der Waals surface area contributed by atoms with Crippen LogP contribution in [0.5, 0.6) is 5.75 Å². The molecule has 0 spiro atoms. The zero-order chi connectivity index (χ0) is 13.9. The molecule has 19 heavy (non-hydrogen) atoms. The summed E-state index contributed by atoms with van der Waals surface area (Å²) in [7, 11) is 0. The zero-order valence-corrected chi connectivity index (χ0v) is 13.2. The molecule has 1 aromatic carbocycles. The summed E-state index contributed by atoms with van der Waals surface area (Å²) in [6.07, 6.45) is 3.18. The average Bonchev–Trinajstić information content (AvgIpc) is 2.79. The molecular formula is C16H22Cl2O. The Hall–Kier alpha value is -0.400. The number of halogens is 2. The molecule has 2 rings (SSSR count). The number of rotatable bonds is 6. The van der Waals surface area contributed by atoms with Crippen LogP contribution in [-0.2, 0) is 6.42 Å². The van der Waals surface area contributed by atoms with Gasteiger partial charge in [-0.15, -0.1) is 23.2 Å². The second-order valence-corrected chi connectivity index (χ2v) is 6.66. The highest BCUT2D eigenvalue weighted by Gasteiger charge is 2.35. The van der Waals surface area contributed by atoms with Gasteiger partial charge in [-0.1, -0.05) is 32.0 Å². The first kappa shape index (κ1) is 15.0. The van der Waals surface area contributed by atoms with Crippen LogP contribution in [0.15, 0.2) is 24.3 Å². The summed E-state index contributed by atoms with van der Waals surface area (Å²) in [6.45, 7) is 4.44. The molecule has 0 saturated heterocycles. The number of fused-ring (bicyclic) bond motifs is 1. The monoisotopic (exact) mass is 300 g/mol. The molecule has 1 nitrogen and oxygen atoms in total. The molecule has 3 heteroatoms. The number of hydrogen-bond acceptors (Lipinski definition) is 1. The first-order valence-electron chi connectivity index (χ1n) is 6.95. The molecule has 0 saturated carbocycles. The van der Waals surface area contributed by atoms with E-state index in [1.807, 2.05) is 12.1 Å². The molecular weight excluding hydrogens is 279 g/mol. The smallest absolute Gasteiger partial charge is 0.123 e. The van der Waals surface area contributed by atoms with Crippen molar-refractivity contribution in [3.8, 4) is 5.75 Å². The van der Waals surface area contributed by atoms with Gasteiger partial charge in [-0.25, -0.2) is 0 Å². The molecule has 1 aromatic rings. The molecule has 1 aliphatic heterocycles. The van der Waals surface area contributed by atoms with E-state index in [1.54, 1.807) is 0 Å². The van der Waals surface area contributed by atoms with Gasteiger partial charge in [0.25, 0.3) is 0 Å². The maximum Gasteiger partial charge on any atom is 0.123 e. The molecule has 0 bridgehead atoms. The number of benzene rings is 1. The van der Waals surface area contributed by atoms with Crippen LogP contribution in [0.3, 0.4) is 0 Å². The van der Waals surface area contributed by atoms with E-state index in [0.29, 0.717) is 17.7 Å². The van der Waals surface area contributed by atoms with Crippen LogP contribution in [-0.4, -0.2) is 17.9 Å². The van der Waals surface area contributed by atoms with Crippen molar-refractivity contribution in [2.24, 2.45) is 11.3 Å². The second kappa shape index (κ2) is 6.37. The molecule has 0 fully saturated rings. The van der Waals surface area contributed by atoms with Gasteiger partial charge >= 0.3 is 0 Å². The predicted molar refractivity (Wildman–Crippen MR) is 82.5 cm³/mol. The summed E-state index contributed by atoms with van der Waals surface area (Å²) in [5, 5.41) is 0. The number of alkyl halides is 2. The highest BCUT2D eigenvalue weighted by atomic mass is 35.5. The first-order chi connectivity index (χ1) is 9.08. The van der Waals surface area contributed by atoms with Gasteiger partial charge in [-0.05, 0) is 30.4 Å². The Bertz CT molecular complexity index is 388. The minimum absolute atomic E-state index is 0.00993. The van der Waals surface area contributed by atoms with Gasteiger partial charge < -0.3 is 4.74 Å². The fourth-order valence-electron chi connectivity index (χ4n) is 3.05. The fourth-order valence-corrected chi connectivity index (χ4v) is 3.78. The lowest BCUT2D eigenvalue weighted by atomic mass is 9.78. The SMILES string of the molecule is CC(C)CC(CCl)(CCl)CC1Cc2ccccc2O1. The Labute approximate surface area is 126 Å². The molecule has 106 valence electrons. The van der Waals surface area contributed by atoms with Crippen molar-refractivity contribution < 1.29 is 4.74 Å². The van der Waals surface area contributed by atoms with Crippen molar-refractivity contribution in [2.45, 2.75) is 39.2 Å². The topological polar surface area (TPSA) is 9.23 Å². The Morgan fingerprint density at radius 2 is 1.95 bits per heavy atom. The second-order valence-electron chi connectivity index (χ2n) is 6.12. The van der Waals surface area contributed by atoms with Crippen LogP contribution >= 0.6 is 23.2 Å². The Kier molecular flexibility index (Phi) is 5.03. The molecule has 1 atom stereocenters. The van der Waals surface area contributed by atoms with Gasteiger partial charge in [-0.3, -0.25) is 0 Å². The van der Waals surface area contributed by atoms with Crippen LogP contribution in [0.4, 0.5) is 0 Å². The van der Waals surface area contributed by atoms with Crippen LogP contribution in [0.1, 0.15) is 32.3 Å². The third-order valence-corrected chi connectivity index (χ3v) is 4.92. The molecule has 0 amide bonds. The van der Waals surface area contributed by atoms with Crippen LogP contribution in [0.25, 0.3) is 0 Å². The van der Waals surface area contributed by atoms with Crippen molar-refractivity contribution in [3.63, 3.8) is 0 Å². The van der Waals surface area contributed by atoms with E-state index in [4.69, 9.17) is 27.9 Å². The zero-order valence-electron chi connectivity index (χ0n) is 11.7. The summed E-state index contributed by atoms with van der Waals surface area (Å²) < 4.78 is 6.03. The normalized spacial score (nSPS) is 18.5. The van der Waals surface area contributed by atoms with Gasteiger partial charge in [0.1, 0.15) is 11.9 Å². The quantitative estimate of drug-likeness (QED) is 0.680. The van der Waals surface area contributed by atoms with Crippen molar-refractivity contribution >= 4 is 23.2 Å². The van der Waals surface area contributed by atoms with E-state index in [-0.39, 0.29) is 11.5 Å². The van der Waals surface area contributed by atoms with Crippen molar-refractivity contribution in [1.82, 2.24) is 0 Å². The fraction of sp³-hybridized carbons (Fsp3) is 0.625. The minimum atomic E-state index is -0.00993. The molecule has 0 aliphatic carbocycles. The molecule has 0 radical (unpaired) electrons. The maximum atomic E-state index is 6.22. The van der Waals surface area contributed by atoms with E-state index in [1.165, 1.54) is 5.56 Å². The lowest BCUT2D eigenvalue weighted by Gasteiger charge is -2.33. The largest absolute Gasteiger partial charge is 0.490 e. The first-order valence-corrected chi connectivity index (χ1v) is 8.02. The van der Waals surface area contributed by atoms with Crippen LogP contribution in [0, 0.1) is 11.3 Å². The third kappa shape index (κ3) is 3.58. The highest BCUT2D eigenvalue weighted by molar-refractivity contribution is 6.21. The minimum Gasteiger partial charge on any atom is -0.490 e. The number of para-hydroxylation sites is 1. The van der Waals surface area contributed by atoms with Gasteiger partial charge in [0.05, 0.1) is 0 Å². The van der Waals surface area contributed by atoms with E-state index in [2.05, 4.69) is 26.0 Å². The summed E-state index contributed by atoms with van der Waals surface area (Å²) in [5.41, 5.74) is 1.29. The predicted octanol–water partition coefficient (Wildman–Crippen LogP) is 4.89. The molecule has 1 unspecified atom stereocenters. The molecule has 0 N–H and O–H groups in total. The van der Waals surface area contributed by atoms with Crippen molar-refractivity contribution in [2.75, 3.05) is 11.8 Å². The van der Waals surface area contributed by atoms with Crippen molar-refractivity contribution in [3.05, 3.63) is 29.8 Å². The van der Waals surface area contributed by atoms with Gasteiger partial charge in [0, 0.05) is 23.6 Å². The van der Waals surface area contributed by atoms with Crippen LogP contribution < -0.4 is 4.74 Å². The molecule has 1 aliphatic rings. The van der Waals surface area contributed by atoms with Gasteiger partial charge in [0.15, 0.2) is 0 Å². The lowest BCUT2D eigenvalue weighted by Crippen LogP contribution is -2.33. The molecule has 0 aromatic heterocycles. The Morgan fingerprint density at radius 3 is 2.53 bits per heavy atom. The van der Waals surface area contributed by atoms with Crippen molar-refractivity contribution in [1.29, 1.82) is 0 Å². The third-order valence-electron chi connectivity index (χ3n) is 3.78. The Morgan fingerprint density at radius 1 is 1.26 bits per heavy atom. The summed E-state index contributed by atoms with van der Waals surface area (Å²) in [4.78, 5) is 0. The standard InChI is InChI=1S/C16H22Cl2O/c1-12(2)8-16(10-17,11-18)9-14-7-13-5-3-4-6-15(13)19-14/h3-6,12,14H,7-11H2,1-2H3. The lowest BCUT2D eigenvalue weighted by molar-refractivity contribution is 0.144. The number of hydrogen-bond donors (Lipinski definition) is 0. The van der Waals surface area contributed by atoms with E-state index in [9.17, 15) is 0 Å². The molecule has 1 heterocycles. The van der Waals surface area contributed by atoms with E-state index >= 15 is 0 Å². The van der Waals surface area contributed by atoms with Gasteiger partial charge in [0.2, 0.25) is 0 Å². The van der Waals surface area contributed by atoms with E-state index in [0.717, 1.165) is 25.0 Å². The van der Waals surface area contributed by atoms with E-state index < -0.39 is 0 Å². The summed E-state index contributed by atoms with van der Waals surface area (Å²) in [5.74, 6) is 2.83. The highest BCUT2D eigenvalue weighted by Crippen LogP contribution is 2.39. The average molecular weight is 301 g/mol. The number of ether oxygens (including phenoxy) is 1. The van der Waals surface area contributed by atoms with Gasteiger partial charge in [-0.2, -0.15) is 0 Å². The maximum absolute atomic E-state index is 6.22. The summed E-state index contributed by atoms with van der Waals surface area (Å²) in [6, 6.07) is 8.27. The summed E-state index contributed by atoms with van der Waals surface area (Å²) >= 11 is 12.4. The van der Waals surface area contributed by atoms with Crippen LogP contribution in [0.2, 0.25) is 0 Å². The Balaban J connectivity index is 2.04.